The first-order valence-electron chi connectivity index (χ1n) is 12.2. The van der Waals surface area contributed by atoms with Crippen LogP contribution in [0.3, 0.4) is 0 Å². The number of likely N-dealkylation sites (tertiary alicyclic amines) is 1. The highest BCUT2D eigenvalue weighted by molar-refractivity contribution is 5.79. The molecule has 1 saturated heterocycles. The smallest absolute Gasteiger partial charge is 0.237 e. The molecule has 4 aromatic rings. The summed E-state index contributed by atoms with van der Waals surface area (Å²) in [5.41, 5.74) is 2.74. The predicted molar refractivity (Wildman–Crippen MR) is 131 cm³/mol. The number of hydrogen-bond donors (Lipinski definition) is 1. The number of carbonyl (C=O) groups is 1. The van der Waals surface area contributed by atoms with Gasteiger partial charge in [0, 0.05) is 30.8 Å². The van der Waals surface area contributed by atoms with Gasteiger partial charge in [0.2, 0.25) is 5.91 Å². The number of halogens is 2. The second kappa shape index (κ2) is 9.35. The van der Waals surface area contributed by atoms with E-state index in [0.717, 1.165) is 18.4 Å². The number of para-hydroxylation sites is 1. The van der Waals surface area contributed by atoms with Crippen molar-refractivity contribution >= 4 is 16.9 Å². The molecule has 6 nitrogen and oxygen atoms in total. The van der Waals surface area contributed by atoms with Crippen molar-refractivity contribution in [2.24, 2.45) is 0 Å². The zero-order valence-electron chi connectivity index (χ0n) is 19.7. The summed E-state index contributed by atoms with van der Waals surface area (Å²) in [7, 11) is 0. The quantitative estimate of drug-likeness (QED) is 0.432. The summed E-state index contributed by atoms with van der Waals surface area (Å²) < 4.78 is 34.6. The van der Waals surface area contributed by atoms with Gasteiger partial charge in [-0.1, -0.05) is 36.4 Å². The van der Waals surface area contributed by atoms with E-state index < -0.39 is 6.10 Å². The van der Waals surface area contributed by atoms with Crippen LogP contribution < -0.4 is 4.74 Å². The molecule has 0 aliphatic carbocycles. The topological polar surface area (TPSA) is 61.5 Å². The molecule has 0 unspecified atom stereocenters. The largest absolute Gasteiger partial charge is 0.484 e. The van der Waals surface area contributed by atoms with Crippen LogP contribution in [0.1, 0.15) is 41.9 Å². The first-order chi connectivity index (χ1) is 17.5. The Balaban J connectivity index is 1.25. The Morgan fingerprint density at radius 1 is 1.08 bits per heavy atom. The summed E-state index contributed by atoms with van der Waals surface area (Å²) in [5, 5.41) is 0. The number of nitrogens with one attached hydrogen (secondary N) is 1. The average molecular weight is 489 g/mol. The van der Waals surface area contributed by atoms with Crippen molar-refractivity contribution in [1.82, 2.24) is 19.8 Å². The third-order valence-electron chi connectivity index (χ3n) is 7.02. The van der Waals surface area contributed by atoms with Gasteiger partial charge in [0.15, 0.2) is 0 Å². The molecule has 2 atom stereocenters. The molecule has 1 amide bonds. The number of rotatable bonds is 4. The van der Waals surface area contributed by atoms with Crippen LogP contribution in [0.15, 0.2) is 66.7 Å². The fraction of sp³-hybridized carbons (Fsp3) is 0.286. The van der Waals surface area contributed by atoms with Crippen LogP contribution in [-0.2, 0) is 11.3 Å². The second-order valence-electron chi connectivity index (χ2n) is 9.43. The molecular formula is C28H26F2N4O2. The minimum Gasteiger partial charge on any atom is -0.484 e. The van der Waals surface area contributed by atoms with Gasteiger partial charge in [-0.25, -0.2) is 13.8 Å². The summed E-state index contributed by atoms with van der Waals surface area (Å²) in [6, 6.07) is 18.6. The number of aromatic nitrogens is 2. The van der Waals surface area contributed by atoms with E-state index in [2.05, 4.69) is 9.97 Å². The number of imidazole rings is 1. The molecule has 3 aromatic carbocycles. The van der Waals surface area contributed by atoms with Crippen molar-refractivity contribution in [3.8, 4) is 5.75 Å². The predicted octanol–water partition coefficient (Wildman–Crippen LogP) is 5.14. The SMILES string of the molecule is O=C(CN1Cc2ccccc2O[C@H](c2ccccc2F)C1)N1CCC[C@H]1c1nc2ccc(F)cc2[nH]1. The molecule has 0 radical (unpaired) electrons. The van der Waals surface area contributed by atoms with Gasteiger partial charge in [-0.05, 0) is 43.2 Å². The lowest BCUT2D eigenvalue weighted by atomic mass is 10.1. The lowest BCUT2D eigenvalue weighted by molar-refractivity contribution is -0.133. The Hall–Kier alpha value is -3.78. The fourth-order valence-corrected chi connectivity index (χ4v) is 5.29. The van der Waals surface area contributed by atoms with Crippen LogP contribution in [0.4, 0.5) is 8.78 Å². The normalized spacial score (nSPS) is 20.2. The van der Waals surface area contributed by atoms with Gasteiger partial charge in [0.05, 0.1) is 23.6 Å². The van der Waals surface area contributed by atoms with E-state index in [0.29, 0.717) is 47.8 Å². The average Bonchev–Trinajstić information content (AvgIpc) is 3.47. The van der Waals surface area contributed by atoms with Crippen molar-refractivity contribution < 1.29 is 18.3 Å². The summed E-state index contributed by atoms with van der Waals surface area (Å²) in [5.74, 6) is 0.708. The molecule has 0 saturated carbocycles. The van der Waals surface area contributed by atoms with Gasteiger partial charge < -0.3 is 14.6 Å². The van der Waals surface area contributed by atoms with Crippen molar-refractivity contribution in [3.05, 3.63) is 95.3 Å². The van der Waals surface area contributed by atoms with E-state index in [1.165, 1.54) is 18.2 Å². The number of H-pyrrole nitrogens is 1. The standard InChI is InChI=1S/C28H26F2N4O2/c29-19-11-12-22-23(14-19)32-28(31-22)24-9-5-13-34(24)27(35)17-33-15-18-6-1-4-10-25(18)36-26(16-33)20-7-2-3-8-21(20)30/h1-4,6-8,10-12,14,24,26H,5,9,13,15-17H2,(H,31,32)/t24-,26-/m0/s1. The molecule has 1 fully saturated rings. The van der Waals surface area contributed by atoms with Crippen LogP contribution in [0.2, 0.25) is 0 Å². The summed E-state index contributed by atoms with van der Waals surface area (Å²) in [6.45, 7) is 1.71. The van der Waals surface area contributed by atoms with Crippen molar-refractivity contribution in [2.75, 3.05) is 19.6 Å². The molecule has 1 aromatic heterocycles. The molecule has 2 aliphatic heterocycles. The van der Waals surface area contributed by atoms with Crippen LogP contribution in [-0.4, -0.2) is 45.3 Å². The van der Waals surface area contributed by atoms with E-state index >= 15 is 0 Å². The minimum atomic E-state index is -0.540. The molecule has 0 spiro atoms. The molecular weight excluding hydrogens is 462 g/mol. The van der Waals surface area contributed by atoms with Crippen molar-refractivity contribution in [3.63, 3.8) is 0 Å². The van der Waals surface area contributed by atoms with E-state index in [4.69, 9.17) is 4.74 Å². The minimum absolute atomic E-state index is 0.0178. The first-order valence-corrected chi connectivity index (χ1v) is 12.2. The number of hydrogen-bond acceptors (Lipinski definition) is 4. The van der Waals surface area contributed by atoms with Crippen molar-refractivity contribution in [2.45, 2.75) is 31.5 Å². The molecule has 184 valence electrons. The summed E-state index contributed by atoms with van der Waals surface area (Å²) in [4.78, 5) is 25.3. The summed E-state index contributed by atoms with van der Waals surface area (Å²) in [6.07, 6.45) is 1.12. The maximum Gasteiger partial charge on any atom is 0.237 e. The molecule has 6 rings (SSSR count). The number of carbonyl (C=O) groups excluding carboxylic acids is 1. The van der Waals surface area contributed by atoms with Gasteiger partial charge in [-0.15, -0.1) is 0 Å². The van der Waals surface area contributed by atoms with E-state index in [-0.39, 0.29) is 30.1 Å². The van der Waals surface area contributed by atoms with Gasteiger partial charge in [0.25, 0.3) is 0 Å². The van der Waals surface area contributed by atoms with Gasteiger partial charge >= 0.3 is 0 Å². The highest BCUT2D eigenvalue weighted by Crippen LogP contribution is 2.34. The van der Waals surface area contributed by atoms with Crippen LogP contribution >= 0.6 is 0 Å². The highest BCUT2D eigenvalue weighted by atomic mass is 19.1. The Labute approximate surface area is 207 Å². The summed E-state index contributed by atoms with van der Waals surface area (Å²) >= 11 is 0. The van der Waals surface area contributed by atoms with Gasteiger partial charge in [-0.3, -0.25) is 9.69 Å². The first kappa shape index (κ1) is 22.7. The van der Waals surface area contributed by atoms with Crippen LogP contribution in [0.5, 0.6) is 5.75 Å². The number of amides is 1. The lowest BCUT2D eigenvalue weighted by Crippen LogP contribution is -2.41. The zero-order chi connectivity index (χ0) is 24.6. The number of benzene rings is 3. The molecule has 3 heterocycles. The third-order valence-corrected chi connectivity index (χ3v) is 7.02. The molecule has 1 N–H and O–H groups in total. The maximum atomic E-state index is 14.7. The van der Waals surface area contributed by atoms with Gasteiger partial charge in [-0.2, -0.15) is 0 Å². The van der Waals surface area contributed by atoms with Crippen LogP contribution in [0.25, 0.3) is 11.0 Å². The third kappa shape index (κ3) is 4.33. The molecule has 36 heavy (non-hydrogen) atoms. The number of nitrogens with zero attached hydrogens (tertiary/aromatic N) is 3. The highest BCUT2D eigenvalue weighted by Gasteiger charge is 2.34. The fourth-order valence-electron chi connectivity index (χ4n) is 5.29. The van der Waals surface area contributed by atoms with E-state index in [1.54, 1.807) is 24.3 Å². The maximum absolute atomic E-state index is 14.7. The number of ether oxygens (including phenoxy) is 1. The lowest BCUT2D eigenvalue weighted by Gasteiger charge is -2.28. The van der Waals surface area contributed by atoms with Gasteiger partial charge in [0.1, 0.15) is 29.3 Å². The zero-order valence-corrected chi connectivity index (χ0v) is 19.7. The van der Waals surface area contributed by atoms with Crippen molar-refractivity contribution in [1.29, 1.82) is 0 Å². The number of fused-ring (bicyclic) bond motifs is 2. The van der Waals surface area contributed by atoms with Crippen LogP contribution in [0, 0.1) is 11.6 Å². The molecule has 2 aliphatic rings. The number of aromatic amines is 1. The van der Waals surface area contributed by atoms with E-state index in [9.17, 15) is 13.6 Å². The van der Waals surface area contributed by atoms with E-state index in [1.807, 2.05) is 34.1 Å². The monoisotopic (exact) mass is 488 g/mol. The Bertz CT molecular complexity index is 1420. The molecule has 8 heteroatoms. The Kier molecular flexibility index (Phi) is 5.89. The Morgan fingerprint density at radius 2 is 1.92 bits per heavy atom. The second-order valence-corrected chi connectivity index (χ2v) is 9.43. The molecule has 0 bridgehead atoms. The Morgan fingerprint density at radius 3 is 2.81 bits per heavy atom.